The minimum atomic E-state index is -0.458. The van der Waals surface area contributed by atoms with Crippen LogP contribution in [-0.2, 0) is 15.9 Å². The van der Waals surface area contributed by atoms with Crippen molar-refractivity contribution < 1.29 is 9.53 Å². The maximum atomic E-state index is 11.3. The molecule has 2 nitrogen and oxygen atoms in total. The standard InChI is InChI=1S/C13H14BrClO2/c1-12(2)8-5-7(11(15)16)10(14)6-9(8)13(3,4)17-12/h5-6H,1-4H3. The Hall–Kier alpha value is -0.380. The molecule has 0 unspecified atom stereocenters. The first-order valence-electron chi connectivity index (χ1n) is 5.40. The maximum absolute atomic E-state index is 11.3. The predicted octanol–water partition coefficient (Wildman–Crippen LogP) is 4.33. The second-order valence-corrected chi connectivity index (χ2v) is 6.47. The molecule has 1 aliphatic heterocycles. The highest BCUT2D eigenvalue weighted by Crippen LogP contribution is 2.48. The van der Waals surface area contributed by atoms with Gasteiger partial charge in [0, 0.05) is 10.0 Å². The molecule has 17 heavy (non-hydrogen) atoms. The lowest BCUT2D eigenvalue weighted by atomic mass is 9.89. The summed E-state index contributed by atoms with van der Waals surface area (Å²) in [6, 6.07) is 3.75. The lowest BCUT2D eigenvalue weighted by Crippen LogP contribution is -2.22. The van der Waals surface area contributed by atoms with Crippen LogP contribution < -0.4 is 0 Å². The summed E-state index contributed by atoms with van der Waals surface area (Å²) >= 11 is 8.94. The van der Waals surface area contributed by atoms with E-state index in [4.69, 9.17) is 16.3 Å². The number of ether oxygens (including phenoxy) is 1. The molecule has 1 heterocycles. The van der Waals surface area contributed by atoms with E-state index in [9.17, 15) is 4.79 Å². The van der Waals surface area contributed by atoms with Crippen molar-refractivity contribution in [2.75, 3.05) is 0 Å². The Labute approximate surface area is 114 Å². The Morgan fingerprint density at radius 2 is 1.65 bits per heavy atom. The van der Waals surface area contributed by atoms with E-state index in [1.54, 1.807) is 0 Å². The van der Waals surface area contributed by atoms with Crippen molar-refractivity contribution >= 4 is 32.8 Å². The van der Waals surface area contributed by atoms with Crippen LogP contribution in [0.5, 0.6) is 0 Å². The van der Waals surface area contributed by atoms with Gasteiger partial charge in [-0.2, -0.15) is 0 Å². The van der Waals surface area contributed by atoms with Gasteiger partial charge in [0.1, 0.15) is 0 Å². The molecule has 0 aliphatic carbocycles. The molecule has 0 saturated carbocycles. The normalized spacial score (nSPS) is 20.1. The van der Waals surface area contributed by atoms with Crippen LogP contribution in [0.4, 0.5) is 0 Å². The molecule has 2 rings (SSSR count). The van der Waals surface area contributed by atoms with E-state index in [1.165, 1.54) is 0 Å². The van der Waals surface area contributed by atoms with E-state index in [1.807, 2.05) is 39.8 Å². The van der Waals surface area contributed by atoms with E-state index in [0.29, 0.717) is 10.0 Å². The molecule has 0 fully saturated rings. The Morgan fingerprint density at radius 1 is 1.18 bits per heavy atom. The Bertz CT molecular complexity index is 506. The highest BCUT2D eigenvalue weighted by molar-refractivity contribution is 9.10. The van der Waals surface area contributed by atoms with Crippen LogP contribution in [0.2, 0.25) is 0 Å². The molecular formula is C13H14BrClO2. The van der Waals surface area contributed by atoms with Gasteiger partial charge < -0.3 is 4.74 Å². The van der Waals surface area contributed by atoms with Crippen molar-refractivity contribution in [1.29, 1.82) is 0 Å². The average molecular weight is 318 g/mol. The topological polar surface area (TPSA) is 26.3 Å². The first kappa shape index (κ1) is 13.1. The van der Waals surface area contributed by atoms with E-state index in [-0.39, 0.29) is 5.60 Å². The van der Waals surface area contributed by atoms with Gasteiger partial charge in [-0.05, 0) is 78.5 Å². The van der Waals surface area contributed by atoms with Gasteiger partial charge in [-0.25, -0.2) is 0 Å². The fraction of sp³-hybridized carbons (Fsp3) is 0.462. The monoisotopic (exact) mass is 316 g/mol. The summed E-state index contributed by atoms with van der Waals surface area (Å²) < 4.78 is 6.73. The number of rotatable bonds is 1. The van der Waals surface area contributed by atoms with E-state index >= 15 is 0 Å². The first-order chi connectivity index (χ1) is 7.65. The number of fused-ring (bicyclic) bond motifs is 1. The van der Waals surface area contributed by atoms with Gasteiger partial charge in [-0.15, -0.1) is 0 Å². The first-order valence-corrected chi connectivity index (χ1v) is 6.57. The number of carbonyl (C=O) groups excluding carboxylic acids is 1. The summed E-state index contributed by atoms with van der Waals surface area (Å²) in [5, 5.41) is -0.458. The quantitative estimate of drug-likeness (QED) is 0.721. The molecule has 0 aromatic heterocycles. The van der Waals surface area contributed by atoms with Gasteiger partial charge in [0.2, 0.25) is 0 Å². The van der Waals surface area contributed by atoms with Crippen molar-refractivity contribution in [2.24, 2.45) is 0 Å². The molecule has 0 spiro atoms. The van der Waals surface area contributed by atoms with Crippen molar-refractivity contribution in [2.45, 2.75) is 38.9 Å². The third-order valence-electron chi connectivity index (χ3n) is 3.13. The molecule has 1 aromatic carbocycles. The summed E-state index contributed by atoms with van der Waals surface area (Å²) in [7, 11) is 0. The summed E-state index contributed by atoms with van der Waals surface area (Å²) in [5.41, 5.74) is 1.85. The summed E-state index contributed by atoms with van der Waals surface area (Å²) in [4.78, 5) is 11.3. The summed E-state index contributed by atoms with van der Waals surface area (Å²) in [5.74, 6) is 0. The van der Waals surface area contributed by atoms with Gasteiger partial charge >= 0.3 is 0 Å². The third-order valence-corrected chi connectivity index (χ3v) is 3.99. The molecule has 92 valence electrons. The number of benzene rings is 1. The molecular weight excluding hydrogens is 303 g/mol. The second kappa shape index (κ2) is 3.81. The lowest BCUT2D eigenvalue weighted by Gasteiger charge is -2.24. The lowest BCUT2D eigenvalue weighted by molar-refractivity contribution is -0.105. The van der Waals surface area contributed by atoms with Crippen LogP contribution in [0.25, 0.3) is 0 Å². The smallest absolute Gasteiger partial charge is 0.253 e. The number of hydrogen-bond donors (Lipinski definition) is 0. The highest BCUT2D eigenvalue weighted by Gasteiger charge is 2.43. The van der Waals surface area contributed by atoms with Crippen LogP contribution in [0.1, 0.15) is 49.2 Å². The van der Waals surface area contributed by atoms with Crippen LogP contribution >= 0.6 is 27.5 Å². The largest absolute Gasteiger partial charge is 0.360 e. The van der Waals surface area contributed by atoms with Crippen LogP contribution in [0.15, 0.2) is 16.6 Å². The van der Waals surface area contributed by atoms with Crippen molar-refractivity contribution in [3.05, 3.63) is 33.3 Å². The minimum Gasteiger partial charge on any atom is -0.360 e. The average Bonchev–Trinajstić information content (AvgIpc) is 2.30. The zero-order chi connectivity index (χ0) is 13.0. The van der Waals surface area contributed by atoms with E-state index in [2.05, 4.69) is 15.9 Å². The minimum absolute atomic E-state index is 0.352. The fourth-order valence-electron chi connectivity index (χ4n) is 2.47. The Kier molecular flexibility index (Phi) is 2.92. The van der Waals surface area contributed by atoms with Crippen molar-refractivity contribution in [1.82, 2.24) is 0 Å². The van der Waals surface area contributed by atoms with E-state index < -0.39 is 10.8 Å². The predicted molar refractivity (Wildman–Crippen MR) is 71.5 cm³/mol. The molecule has 1 aliphatic rings. The van der Waals surface area contributed by atoms with Gasteiger partial charge in [0.15, 0.2) is 0 Å². The number of carbonyl (C=O) groups is 1. The highest BCUT2D eigenvalue weighted by atomic mass is 79.9. The summed E-state index contributed by atoms with van der Waals surface area (Å²) in [6.07, 6.45) is 0. The van der Waals surface area contributed by atoms with Crippen LogP contribution in [0, 0.1) is 0 Å². The van der Waals surface area contributed by atoms with Gasteiger partial charge in [-0.1, -0.05) is 0 Å². The molecule has 0 N–H and O–H groups in total. The van der Waals surface area contributed by atoms with E-state index in [0.717, 1.165) is 11.1 Å². The molecule has 0 saturated heterocycles. The number of hydrogen-bond acceptors (Lipinski definition) is 2. The fourth-order valence-corrected chi connectivity index (χ4v) is 3.26. The second-order valence-electron chi connectivity index (χ2n) is 5.27. The molecule has 0 amide bonds. The van der Waals surface area contributed by atoms with Crippen LogP contribution in [0.3, 0.4) is 0 Å². The van der Waals surface area contributed by atoms with Gasteiger partial charge in [0.05, 0.1) is 11.2 Å². The number of halogens is 2. The van der Waals surface area contributed by atoms with Crippen LogP contribution in [-0.4, -0.2) is 5.24 Å². The zero-order valence-electron chi connectivity index (χ0n) is 10.2. The molecule has 4 heteroatoms. The maximum Gasteiger partial charge on any atom is 0.253 e. The Morgan fingerprint density at radius 3 is 2.12 bits per heavy atom. The molecule has 0 radical (unpaired) electrons. The SMILES string of the molecule is CC1(C)OC(C)(C)c2cc(C(=O)Cl)c(Br)cc21. The molecule has 0 bridgehead atoms. The Balaban J connectivity index is 2.72. The zero-order valence-corrected chi connectivity index (χ0v) is 12.6. The van der Waals surface area contributed by atoms with Gasteiger partial charge in [0.25, 0.3) is 5.24 Å². The van der Waals surface area contributed by atoms with Crippen molar-refractivity contribution in [3.8, 4) is 0 Å². The van der Waals surface area contributed by atoms with Gasteiger partial charge in [-0.3, -0.25) is 4.79 Å². The molecule has 0 atom stereocenters. The summed E-state index contributed by atoms with van der Waals surface area (Å²) in [6.45, 7) is 8.04. The molecule has 1 aromatic rings. The third kappa shape index (κ3) is 2.05. The van der Waals surface area contributed by atoms with Crippen molar-refractivity contribution in [3.63, 3.8) is 0 Å².